The topological polar surface area (TPSA) is 59.4 Å². The number of rotatable bonds is 4. The van der Waals surface area contributed by atoms with Crippen LogP contribution in [0.3, 0.4) is 0 Å². The first-order valence-electron chi connectivity index (χ1n) is 6.72. The Labute approximate surface area is 146 Å². The first-order chi connectivity index (χ1) is 11.2. The number of nitrogens with one attached hydrogen (secondary N) is 1. The van der Waals surface area contributed by atoms with Gasteiger partial charge in [-0.1, -0.05) is 39.7 Å². The number of fused-ring (bicyclic) bond motifs is 1. The summed E-state index contributed by atoms with van der Waals surface area (Å²) in [6, 6.07) is 13.2. The predicted octanol–water partition coefficient (Wildman–Crippen LogP) is 4.50. The number of benzene rings is 2. The van der Waals surface area contributed by atoms with E-state index in [-0.39, 0.29) is 5.15 Å². The van der Waals surface area contributed by atoms with Crippen LogP contribution in [0.4, 0.5) is 5.82 Å². The molecule has 0 spiro atoms. The molecular formula is C16H12BrClN4O. The van der Waals surface area contributed by atoms with E-state index in [9.17, 15) is 0 Å². The van der Waals surface area contributed by atoms with Crippen LogP contribution in [0.2, 0.25) is 5.15 Å². The molecule has 23 heavy (non-hydrogen) atoms. The van der Waals surface area contributed by atoms with Gasteiger partial charge < -0.3 is 4.74 Å². The van der Waals surface area contributed by atoms with Crippen molar-refractivity contribution in [2.24, 2.45) is 5.10 Å². The van der Waals surface area contributed by atoms with E-state index >= 15 is 0 Å². The number of hydrogen-bond donors (Lipinski definition) is 1. The maximum absolute atomic E-state index is 6.13. The number of hydrazone groups is 1. The van der Waals surface area contributed by atoms with E-state index in [1.807, 2.05) is 42.5 Å². The highest BCUT2D eigenvalue weighted by atomic mass is 79.9. The third-order valence-electron chi connectivity index (χ3n) is 3.09. The molecule has 1 N–H and O–H groups in total. The molecule has 0 aliphatic carbocycles. The van der Waals surface area contributed by atoms with Gasteiger partial charge in [0.2, 0.25) is 0 Å². The molecule has 1 heterocycles. The van der Waals surface area contributed by atoms with Gasteiger partial charge in [-0.15, -0.1) is 0 Å². The van der Waals surface area contributed by atoms with Gasteiger partial charge in [0.05, 0.1) is 24.4 Å². The first kappa shape index (κ1) is 15.7. The van der Waals surface area contributed by atoms with Crippen LogP contribution in [0.25, 0.3) is 11.0 Å². The summed E-state index contributed by atoms with van der Waals surface area (Å²) in [5, 5.41) is 4.43. The van der Waals surface area contributed by atoms with Crippen LogP contribution < -0.4 is 10.2 Å². The highest BCUT2D eigenvalue weighted by Crippen LogP contribution is 2.23. The fourth-order valence-electron chi connectivity index (χ4n) is 2.02. The molecule has 116 valence electrons. The minimum atomic E-state index is 0.266. The number of methoxy groups -OCH3 is 1. The Hall–Kier alpha value is -2.18. The van der Waals surface area contributed by atoms with Crippen molar-refractivity contribution in [3.05, 3.63) is 57.7 Å². The normalized spacial score (nSPS) is 11.1. The largest absolute Gasteiger partial charge is 0.496 e. The lowest BCUT2D eigenvalue weighted by Crippen LogP contribution is -1.98. The van der Waals surface area contributed by atoms with Gasteiger partial charge >= 0.3 is 0 Å². The van der Waals surface area contributed by atoms with Crippen LogP contribution in [-0.4, -0.2) is 23.3 Å². The number of nitrogens with zero attached hydrogens (tertiary/aromatic N) is 3. The molecule has 0 saturated heterocycles. The Morgan fingerprint density at radius 3 is 2.65 bits per heavy atom. The number of para-hydroxylation sites is 2. The lowest BCUT2D eigenvalue weighted by Gasteiger charge is -2.06. The van der Waals surface area contributed by atoms with Crippen LogP contribution in [-0.2, 0) is 0 Å². The maximum Gasteiger partial charge on any atom is 0.185 e. The van der Waals surface area contributed by atoms with E-state index in [2.05, 4.69) is 36.4 Å². The van der Waals surface area contributed by atoms with Crippen molar-refractivity contribution in [2.75, 3.05) is 12.5 Å². The zero-order valence-electron chi connectivity index (χ0n) is 12.1. The van der Waals surface area contributed by atoms with Gasteiger partial charge in [-0.25, -0.2) is 9.97 Å². The molecule has 0 aliphatic rings. The maximum atomic E-state index is 6.13. The summed E-state index contributed by atoms with van der Waals surface area (Å²) in [5.74, 6) is 1.12. The molecule has 0 fully saturated rings. The second-order valence-electron chi connectivity index (χ2n) is 4.61. The van der Waals surface area contributed by atoms with Crippen molar-refractivity contribution >= 4 is 50.6 Å². The van der Waals surface area contributed by atoms with Crippen molar-refractivity contribution in [3.63, 3.8) is 0 Å². The van der Waals surface area contributed by atoms with E-state index < -0.39 is 0 Å². The van der Waals surface area contributed by atoms with Gasteiger partial charge in [0.15, 0.2) is 11.0 Å². The summed E-state index contributed by atoms with van der Waals surface area (Å²) in [6.45, 7) is 0. The van der Waals surface area contributed by atoms with Crippen LogP contribution in [0.15, 0.2) is 52.0 Å². The van der Waals surface area contributed by atoms with Crippen molar-refractivity contribution in [1.29, 1.82) is 0 Å². The minimum Gasteiger partial charge on any atom is -0.496 e. The zero-order chi connectivity index (χ0) is 16.2. The molecule has 1 aromatic heterocycles. The third-order valence-corrected chi connectivity index (χ3v) is 3.85. The molecule has 0 unspecified atom stereocenters. The van der Waals surface area contributed by atoms with Gasteiger partial charge in [-0.05, 0) is 30.3 Å². The molecular weight excluding hydrogens is 380 g/mol. The smallest absolute Gasteiger partial charge is 0.185 e. The Bertz CT molecular complexity index is 885. The van der Waals surface area contributed by atoms with Crippen LogP contribution >= 0.6 is 27.5 Å². The summed E-state index contributed by atoms with van der Waals surface area (Å²) in [7, 11) is 1.61. The molecule has 7 heteroatoms. The quantitative estimate of drug-likeness (QED) is 0.525. The van der Waals surface area contributed by atoms with Crippen LogP contribution in [0.1, 0.15) is 5.56 Å². The highest BCUT2D eigenvalue weighted by molar-refractivity contribution is 9.10. The molecule has 3 aromatic rings. The summed E-state index contributed by atoms with van der Waals surface area (Å²) >= 11 is 9.55. The van der Waals surface area contributed by atoms with Crippen LogP contribution in [0, 0.1) is 0 Å². The van der Waals surface area contributed by atoms with Gasteiger partial charge in [0.1, 0.15) is 5.75 Å². The number of ether oxygens (including phenoxy) is 1. The Kier molecular flexibility index (Phi) is 4.73. The van der Waals surface area contributed by atoms with Crippen molar-refractivity contribution in [3.8, 4) is 5.75 Å². The molecule has 0 amide bonds. The van der Waals surface area contributed by atoms with Gasteiger partial charge in [0, 0.05) is 10.0 Å². The monoisotopic (exact) mass is 390 g/mol. The van der Waals surface area contributed by atoms with E-state index in [1.165, 1.54) is 0 Å². The standard InChI is InChI=1S/C16H12BrClN4O/c1-23-14-7-6-11(17)8-10(14)9-19-22-16-15(18)20-12-4-2-3-5-13(12)21-16/h2-9H,1H3,(H,21,22)/b19-9+. The highest BCUT2D eigenvalue weighted by Gasteiger charge is 2.06. The predicted molar refractivity (Wildman–Crippen MR) is 96.5 cm³/mol. The lowest BCUT2D eigenvalue weighted by molar-refractivity contribution is 0.414. The van der Waals surface area contributed by atoms with Gasteiger partial charge in [-0.2, -0.15) is 5.10 Å². The Morgan fingerprint density at radius 1 is 1.17 bits per heavy atom. The number of aromatic nitrogens is 2. The van der Waals surface area contributed by atoms with E-state index in [1.54, 1.807) is 13.3 Å². The van der Waals surface area contributed by atoms with Crippen molar-refractivity contribution < 1.29 is 4.74 Å². The zero-order valence-corrected chi connectivity index (χ0v) is 14.5. The fraction of sp³-hybridized carbons (Fsp3) is 0.0625. The SMILES string of the molecule is COc1ccc(Br)cc1/C=N/Nc1nc2ccccc2nc1Cl. The molecule has 0 saturated carbocycles. The van der Waals surface area contributed by atoms with Gasteiger partial charge in [-0.3, -0.25) is 5.43 Å². The molecule has 0 bridgehead atoms. The second kappa shape index (κ2) is 6.93. The summed E-state index contributed by atoms with van der Waals surface area (Å²) in [6.07, 6.45) is 1.64. The lowest BCUT2D eigenvalue weighted by atomic mass is 10.2. The molecule has 0 atom stereocenters. The minimum absolute atomic E-state index is 0.266. The third kappa shape index (κ3) is 3.60. The fourth-order valence-corrected chi connectivity index (χ4v) is 2.57. The summed E-state index contributed by atoms with van der Waals surface area (Å²) in [4.78, 5) is 8.69. The van der Waals surface area contributed by atoms with E-state index in [4.69, 9.17) is 16.3 Å². The number of anilines is 1. The summed E-state index contributed by atoms with van der Waals surface area (Å²) in [5.41, 5.74) is 5.12. The van der Waals surface area contributed by atoms with E-state index in [0.717, 1.165) is 26.8 Å². The van der Waals surface area contributed by atoms with Crippen molar-refractivity contribution in [2.45, 2.75) is 0 Å². The second-order valence-corrected chi connectivity index (χ2v) is 5.88. The number of halogens is 2. The molecule has 5 nitrogen and oxygen atoms in total. The average Bonchev–Trinajstić information content (AvgIpc) is 2.55. The molecule has 3 rings (SSSR count). The Balaban J connectivity index is 1.86. The first-order valence-corrected chi connectivity index (χ1v) is 7.89. The number of hydrogen-bond acceptors (Lipinski definition) is 5. The van der Waals surface area contributed by atoms with Crippen LogP contribution in [0.5, 0.6) is 5.75 Å². The molecule has 0 radical (unpaired) electrons. The Morgan fingerprint density at radius 2 is 1.91 bits per heavy atom. The molecule has 2 aromatic carbocycles. The van der Waals surface area contributed by atoms with E-state index in [0.29, 0.717) is 5.82 Å². The van der Waals surface area contributed by atoms with Crippen molar-refractivity contribution in [1.82, 2.24) is 9.97 Å². The van der Waals surface area contributed by atoms with Gasteiger partial charge in [0.25, 0.3) is 0 Å². The molecule has 0 aliphatic heterocycles. The average molecular weight is 392 g/mol. The summed E-state index contributed by atoms with van der Waals surface area (Å²) < 4.78 is 6.22.